The molecule has 1 aromatic heterocycles. The molecule has 6 heteroatoms. The van der Waals surface area contributed by atoms with Crippen LogP contribution in [0.4, 0.5) is 5.69 Å². The maximum atomic E-state index is 12.6. The molecule has 25 heavy (non-hydrogen) atoms. The summed E-state index contributed by atoms with van der Waals surface area (Å²) in [6, 6.07) is 14.7. The van der Waals surface area contributed by atoms with Gasteiger partial charge in [0.25, 0.3) is 5.91 Å². The molecule has 0 saturated carbocycles. The molecule has 126 valence electrons. The molecule has 0 aliphatic carbocycles. The molecule has 3 rings (SSSR count). The highest BCUT2D eigenvalue weighted by atomic mass is 16.5. The predicted octanol–water partition coefficient (Wildman–Crippen LogP) is 3.41. The van der Waals surface area contributed by atoms with Crippen molar-refractivity contribution in [3.8, 4) is 22.8 Å². The molecule has 3 aromatic rings. The van der Waals surface area contributed by atoms with E-state index in [0.717, 1.165) is 5.56 Å². The molecule has 0 fully saturated rings. The van der Waals surface area contributed by atoms with E-state index in [0.29, 0.717) is 22.9 Å². The van der Waals surface area contributed by atoms with Crippen LogP contribution < -0.4 is 14.8 Å². The zero-order valence-electron chi connectivity index (χ0n) is 13.9. The van der Waals surface area contributed by atoms with Crippen LogP contribution in [0.2, 0.25) is 0 Å². The van der Waals surface area contributed by atoms with E-state index in [9.17, 15) is 4.79 Å². The monoisotopic (exact) mass is 335 g/mol. The summed E-state index contributed by atoms with van der Waals surface area (Å²) in [4.78, 5) is 21.1. The van der Waals surface area contributed by atoms with E-state index < -0.39 is 0 Å². The topological polar surface area (TPSA) is 73.3 Å². The lowest BCUT2D eigenvalue weighted by atomic mass is 10.1. The number of ether oxygens (including phenoxy) is 2. The fourth-order valence-electron chi connectivity index (χ4n) is 2.32. The third-order valence-corrected chi connectivity index (χ3v) is 3.59. The second-order valence-electron chi connectivity index (χ2n) is 5.18. The Bertz CT molecular complexity index is 882. The highest BCUT2D eigenvalue weighted by molar-refractivity contribution is 6.03. The summed E-state index contributed by atoms with van der Waals surface area (Å²) >= 11 is 0. The Balaban J connectivity index is 1.87. The average molecular weight is 335 g/mol. The lowest BCUT2D eigenvalue weighted by Crippen LogP contribution is -2.15. The summed E-state index contributed by atoms with van der Waals surface area (Å²) in [5.41, 5.74) is 2.24. The average Bonchev–Trinajstić information content (AvgIpc) is 2.68. The Morgan fingerprint density at radius 1 is 1.00 bits per heavy atom. The van der Waals surface area contributed by atoms with Crippen LogP contribution in [0, 0.1) is 0 Å². The number of aromatic nitrogens is 2. The van der Waals surface area contributed by atoms with Crippen LogP contribution >= 0.6 is 0 Å². The summed E-state index contributed by atoms with van der Waals surface area (Å²) in [6.07, 6.45) is 3.05. The number of anilines is 1. The predicted molar refractivity (Wildman–Crippen MR) is 95.0 cm³/mol. The molecule has 6 nitrogen and oxygen atoms in total. The van der Waals surface area contributed by atoms with Crippen molar-refractivity contribution in [3.63, 3.8) is 0 Å². The Morgan fingerprint density at radius 2 is 1.80 bits per heavy atom. The van der Waals surface area contributed by atoms with Crippen molar-refractivity contribution in [2.24, 2.45) is 0 Å². The van der Waals surface area contributed by atoms with E-state index in [1.54, 1.807) is 31.5 Å². The summed E-state index contributed by atoms with van der Waals surface area (Å²) in [6.45, 7) is 0. The van der Waals surface area contributed by atoms with E-state index in [1.165, 1.54) is 13.3 Å². The van der Waals surface area contributed by atoms with Crippen molar-refractivity contribution >= 4 is 11.6 Å². The van der Waals surface area contributed by atoms with E-state index >= 15 is 0 Å². The highest BCUT2D eigenvalue weighted by Gasteiger charge is 2.13. The minimum Gasteiger partial charge on any atom is -0.497 e. The van der Waals surface area contributed by atoms with Gasteiger partial charge in [-0.15, -0.1) is 0 Å². The van der Waals surface area contributed by atoms with Gasteiger partial charge in [-0.1, -0.05) is 30.3 Å². The summed E-state index contributed by atoms with van der Waals surface area (Å²) < 4.78 is 10.5. The summed E-state index contributed by atoms with van der Waals surface area (Å²) in [5.74, 6) is 0.762. The third kappa shape index (κ3) is 3.74. The number of hydrogen-bond acceptors (Lipinski definition) is 5. The van der Waals surface area contributed by atoms with Gasteiger partial charge in [-0.05, 0) is 12.1 Å². The Kier molecular flexibility index (Phi) is 4.89. The second-order valence-corrected chi connectivity index (χ2v) is 5.18. The number of amides is 1. The van der Waals surface area contributed by atoms with Crippen LogP contribution in [0.15, 0.2) is 60.9 Å². The van der Waals surface area contributed by atoms with Crippen LogP contribution in [0.1, 0.15) is 10.5 Å². The van der Waals surface area contributed by atoms with Crippen LogP contribution in [0.5, 0.6) is 11.5 Å². The largest absolute Gasteiger partial charge is 0.497 e. The molecule has 1 amide bonds. The van der Waals surface area contributed by atoms with Crippen molar-refractivity contribution in [3.05, 3.63) is 66.6 Å². The van der Waals surface area contributed by atoms with Crippen molar-refractivity contribution < 1.29 is 14.3 Å². The van der Waals surface area contributed by atoms with E-state index in [-0.39, 0.29) is 11.6 Å². The molecular formula is C19H17N3O3. The Hall–Kier alpha value is -3.41. The zero-order valence-corrected chi connectivity index (χ0v) is 13.9. The number of nitrogens with one attached hydrogen (secondary N) is 1. The normalized spacial score (nSPS) is 10.2. The number of benzene rings is 2. The van der Waals surface area contributed by atoms with Crippen LogP contribution in [0.3, 0.4) is 0 Å². The van der Waals surface area contributed by atoms with Crippen molar-refractivity contribution in [2.45, 2.75) is 0 Å². The summed E-state index contributed by atoms with van der Waals surface area (Å²) in [7, 11) is 3.09. The Morgan fingerprint density at radius 3 is 2.52 bits per heavy atom. The minimum atomic E-state index is -0.378. The molecule has 0 saturated heterocycles. The van der Waals surface area contributed by atoms with Crippen LogP contribution in [-0.2, 0) is 0 Å². The van der Waals surface area contributed by atoms with Crippen molar-refractivity contribution in [2.75, 3.05) is 19.5 Å². The molecule has 0 aliphatic rings. The zero-order chi connectivity index (χ0) is 17.6. The quantitative estimate of drug-likeness (QED) is 0.773. The molecule has 0 bridgehead atoms. The van der Waals surface area contributed by atoms with Gasteiger partial charge in [-0.3, -0.25) is 9.78 Å². The Labute approximate surface area is 145 Å². The van der Waals surface area contributed by atoms with Gasteiger partial charge in [0.1, 0.15) is 17.2 Å². The van der Waals surface area contributed by atoms with Gasteiger partial charge in [-0.2, -0.15) is 0 Å². The van der Waals surface area contributed by atoms with Gasteiger partial charge in [0.15, 0.2) is 0 Å². The third-order valence-electron chi connectivity index (χ3n) is 3.59. The highest BCUT2D eigenvalue weighted by Crippen LogP contribution is 2.29. The first-order valence-electron chi connectivity index (χ1n) is 7.62. The molecule has 0 aliphatic heterocycles. The minimum absolute atomic E-state index is 0.214. The summed E-state index contributed by atoms with van der Waals surface area (Å²) in [5, 5.41) is 2.78. The molecule has 1 heterocycles. The van der Waals surface area contributed by atoms with E-state index in [4.69, 9.17) is 9.47 Å². The number of hydrogen-bond donors (Lipinski definition) is 1. The first kappa shape index (κ1) is 16.4. The maximum Gasteiger partial charge on any atom is 0.275 e. The molecule has 0 unspecified atom stereocenters. The molecule has 0 spiro atoms. The standard InChI is InChI=1S/C19H17N3O3/c1-24-14-8-9-18(25-2)15(10-14)22-19(23)17-12-20-11-16(21-17)13-6-4-3-5-7-13/h3-12H,1-2H3,(H,22,23). The SMILES string of the molecule is COc1ccc(OC)c(NC(=O)c2cncc(-c3ccccc3)n2)c1. The number of carbonyl (C=O) groups is 1. The molecule has 1 N–H and O–H groups in total. The van der Waals surface area contributed by atoms with Crippen molar-refractivity contribution in [1.29, 1.82) is 0 Å². The molecular weight excluding hydrogens is 318 g/mol. The van der Waals surface area contributed by atoms with E-state index in [2.05, 4.69) is 15.3 Å². The smallest absolute Gasteiger partial charge is 0.275 e. The van der Waals surface area contributed by atoms with Crippen LogP contribution in [-0.4, -0.2) is 30.1 Å². The van der Waals surface area contributed by atoms with Gasteiger partial charge in [0.2, 0.25) is 0 Å². The maximum absolute atomic E-state index is 12.6. The number of carbonyl (C=O) groups excluding carboxylic acids is 1. The van der Waals surface area contributed by atoms with Gasteiger partial charge in [0, 0.05) is 11.6 Å². The fourth-order valence-corrected chi connectivity index (χ4v) is 2.32. The number of methoxy groups -OCH3 is 2. The second kappa shape index (κ2) is 7.44. The lowest BCUT2D eigenvalue weighted by Gasteiger charge is -2.11. The van der Waals surface area contributed by atoms with Gasteiger partial charge in [0.05, 0.1) is 38.0 Å². The lowest BCUT2D eigenvalue weighted by molar-refractivity contribution is 0.102. The fraction of sp³-hybridized carbons (Fsp3) is 0.105. The number of nitrogens with zero attached hydrogens (tertiary/aromatic N) is 2. The van der Waals surface area contributed by atoms with Gasteiger partial charge in [-0.25, -0.2) is 4.98 Å². The molecule has 0 radical (unpaired) electrons. The molecule has 2 aromatic carbocycles. The van der Waals surface area contributed by atoms with Gasteiger partial charge < -0.3 is 14.8 Å². The molecule has 0 atom stereocenters. The number of rotatable bonds is 5. The first-order valence-corrected chi connectivity index (χ1v) is 7.62. The van der Waals surface area contributed by atoms with Crippen molar-refractivity contribution in [1.82, 2.24) is 9.97 Å². The van der Waals surface area contributed by atoms with Gasteiger partial charge >= 0.3 is 0 Å². The van der Waals surface area contributed by atoms with Crippen LogP contribution in [0.25, 0.3) is 11.3 Å². The van der Waals surface area contributed by atoms with E-state index in [1.807, 2.05) is 30.3 Å². The first-order chi connectivity index (χ1) is 12.2.